The number of unbranched alkanes of at least 4 members (excludes halogenated alkanes) is 1. The highest BCUT2D eigenvalue weighted by Gasteiger charge is 2.22. The summed E-state index contributed by atoms with van der Waals surface area (Å²) in [6.45, 7) is 4.85. The second-order valence-electron chi connectivity index (χ2n) is 5.12. The minimum atomic E-state index is 0.00734. The topological polar surface area (TPSA) is 69.0 Å². The Bertz CT molecular complexity index is 486. The van der Waals surface area contributed by atoms with Crippen LogP contribution in [0, 0.1) is 18.3 Å². The van der Waals surface area contributed by atoms with E-state index in [1.807, 2.05) is 6.92 Å². The summed E-state index contributed by atoms with van der Waals surface area (Å²) in [6, 6.07) is 2.44. The summed E-state index contributed by atoms with van der Waals surface area (Å²) in [5.74, 6) is 0.00734. The van der Waals surface area contributed by atoms with Crippen molar-refractivity contribution in [3.05, 3.63) is 16.1 Å². The van der Waals surface area contributed by atoms with Crippen molar-refractivity contribution >= 4 is 17.2 Å². The number of likely N-dealkylation sites (tertiary alicyclic amines) is 1. The molecular weight excluding hydrogens is 272 g/mol. The van der Waals surface area contributed by atoms with Crippen LogP contribution in [0.1, 0.15) is 41.0 Å². The number of rotatable bonds is 5. The molecular formula is C14H20N4OS. The SMILES string of the molecule is Cc1ncsc1C(=O)NC1CCN(CCCC#N)CC1. The average molecular weight is 292 g/mol. The highest BCUT2D eigenvalue weighted by molar-refractivity contribution is 7.11. The maximum Gasteiger partial charge on any atom is 0.263 e. The number of carbonyl (C=O) groups excluding carboxylic acids is 1. The highest BCUT2D eigenvalue weighted by Crippen LogP contribution is 2.15. The molecule has 1 N–H and O–H groups in total. The first-order valence-electron chi connectivity index (χ1n) is 7.01. The van der Waals surface area contributed by atoms with Gasteiger partial charge < -0.3 is 10.2 Å². The van der Waals surface area contributed by atoms with Gasteiger partial charge in [0.2, 0.25) is 0 Å². The number of nitrogens with zero attached hydrogens (tertiary/aromatic N) is 3. The fourth-order valence-electron chi connectivity index (χ4n) is 2.45. The molecule has 1 aliphatic rings. The molecule has 1 aromatic heterocycles. The maximum atomic E-state index is 12.1. The Labute approximate surface area is 123 Å². The zero-order valence-corrected chi connectivity index (χ0v) is 12.6. The Kier molecular flexibility index (Phi) is 5.50. The predicted octanol–water partition coefficient (Wildman–Crippen LogP) is 1.95. The molecule has 0 radical (unpaired) electrons. The molecule has 6 heteroatoms. The van der Waals surface area contributed by atoms with E-state index in [0.29, 0.717) is 6.42 Å². The molecule has 108 valence electrons. The van der Waals surface area contributed by atoms with E-state index >= 15 is 0 Å². The van der Waals surface area contributed by atoms with Gasteiger partial charge in [0.05, 0.1) is 17.3 Å². The van der Waals surface area contributed by atoms with Gasteiger partial charge in [-0.3, -0.25) is 4.79 Å². The third kappa shape index (κ3) is 4.02. The van der Waals surface area contributed by atoms with Crippen molar-refractivity contribution in [2.24, 2.45) is 0 Å². The van der Waals surface area contributed by atoms with Crippen LogP contribution < -0.4 is 5.32 Å². The third-order valence-corrected chi connectivity index (χ3v) is 4.56. The quantitative estimate of drug-likeness (QED) is 0.842. The van der Waals surface area contributed by atoms with Crippen LogP contribution in [0.5, 0.6) is 0 Å². The Morgan fingerprint density at radius 2 is 2.35 bits per heavy atom. The molecule has 20 heavy (non-hydrogen) atoms. The molecule has 0 aromatic carbocycles. The first-order chi connectivity index (χ1) is 9.70. The van der Waals surface area contributed by atoms with Gasteiger partial charge in [-0.25, -0.2) is 4.98 Å². The number of thiazole rings is 1. The number of hydrogen-bond acceptors (Lipinski definition) is 5. The number of amides is 1. The first kappa shape index (κ1) is 14.9. The van der Waals surface area contributed by atoms with E-state index < -0.39 is 0 Å². The molecule has 0 unspecified atom stereocenters. The molecule has 0 saturated carbocycles. The van der Waals surface area contributed by atoms with Gasteiger partial charge in [0.15, 0.2) is 0 Å². The lowest BCUT2D eigenvalue weighted by molar-refractivity contribution is 0.0914. The van der Waals surface area contributed by atoms with Crippen LogP contribution in [-0.2, 0) is 0 Å². The summed E-state index contributed by atoms with van der Waals surface area (Å²) in [5, 5.41) is 11.6. The molecule has 0 bridgehead atoms. The molecule has 1 fully saturated rings. The summed E-state index contributed by atoms with van der Waals surface area (Å²) in [4.78, 5) is 19.3. The normalized spacial score (nSPS) is 16.8. The van der Waals surface area contributed by atoms with Crippen molar-refractivity contribution in [3.63, 3.8) is 0 Å². The van der Waals surface area contributed by atoms with Crippen LogP contribution in [-0.4, -0.2) is 41.5 Å². The van der Waals surface area contributed by atoms with Crippen molar-refractivity contribution in [2.75, 3.05) is 19.6 Å². The van der Waals surface area contributed by atoms with Crippen molar-refractivity contribution in [3.8, 4) is 6.07 Å². The minimum absolute atomic E-state index is 0.00734. The standard InChI is InChI=1S/C14H20N4OS/c1-11-13(20-10-16-11)14(19)17-12-4-8-18(9-5-12)7-3-2-6-15/h10,12H,2-5,7-9H2,1H3,(H,17,19). The molecule has 1 amide bonds. The predicted molar refractivity (Wildman–Crippen MR) is 78.6 cm³/mol. The number of hydrogen-bond donors (Lipinski definition) is 1. The van der Waals surface area contributed by atoms with Gasteiger partial charge in [-0.2, -0.15) is 5.26 Å². The summed E-state index contributed by atoms with van der Waals surface area (Å²) >= 11 is 1.40. The number of aryl methyl sites for hydroxylation is 1. The zero-order chi connectivity index (χ0) is 14.4. The van der Waals surface area contributed by atoms with Crippen LogP contribution in [0.25, 0.3) is 0 Å². The highest BCUT2D eigenvalue weighted by atomic mass is 32.1. The third-order valence-electron chi connectivity index (χ3n) is 3.64. The van der Waals surface area contributed by atoms with Gasteiger partial charge in [0.1, 0.15) is 4.88 Å². The van der Waals surface area contributed by atoms with E-state index in [1.54, 1.807) is 5.51 Å². The smallest absolute Gasteiger partial charge is 0.263 e. The Balaban J connectivity index is 1.73. The summed E-state index contributed by atoms with van der Waals surface area (Å²) in [6.07, 6.45) is 3.53. The van der Waals surface area contributed by atoms with Crippen LogP contribution >= 0.6 is 11.3 Å². The molecule has 0 aliphatic carbocycles. The second kappa shape index (κ2) is 7.36. The maximum absolute atomic E-state index is 12.1. The lowest BCUT2D eigenvalue weighted by Crippen LogP contribution is -2.44. The minimum Gasteiger partial charge on any atom is -0.348 e. The lowest BCUT2D eigenvalue weighted by atomic mass is 10.0. The Morgan fingerprint density at radius 1 is 1.60 bits per heavy atom. The fourth-order valence-corrected chi connectivity index (χ4v) is 3.16. The van der Waals surface area contributed by atoms with Gasteiger partial charge >= 0.3 is 0 Å². The Morgan fingerprint density at radius 3 is 2.95 bits per heavy atom. The van der Waals surface area contributed by atoms with Crippen LogP contribution in [0.4, 0.5) is 0 Å². The van der Waals surface area contributed by atoms with Gasteiger partial charge in [-0.05, 0) is 32.7 Å². The van der Waals surface area contributed by atoms with E-state index in [9.17, 15) is 4.79 Å². The van der Waals surface area contributed by atoms with Crippen LogP contribution in [0.2, 0.25) is 0 Å². The summed E-state index contributed by atoms with van der Waals surface area (Å²) < 4.78 is 0. The van der Waals surface area contributed by atoms with E-state index in [2.05, 4.69) is 21.3 Å². The summed E-state index contributed by atoms with van der Waals surface area (Å²) in [5.41, 5.74) is 2.52. The molecule has 1 saturated heterocycles. The Hall–Kier alpha value is -1.45. The van der Waals surface area contributed by atoms with Crippen LogP contribution in [0.15, 0.2) is 5.51 Å². The number of nitriles is 1. The molecule has 0 spiro atoms. The molecule has 5 nitrogen and oxygen atoms in total. The number of nitrogens with one attached hydrogen (secondary N) is 1. The van der Waals surface area contributed by atoms with Crippen molar-refractivity contribution in [1.82, 2.24) is 15.2 Å². The molecule has 1 aromatic rings. The monoisotopic (exact) mass is 292 g/mol. The van der Waals surface area contributed by atoms with Crippen LogP contribution in [0.3, 0.4) is 0 Å². The van der Waals surface area contributed by atoms with Crippen molar-refractivity contribution in [2.45, 2.75) is 38.6 Å². The molecule has 1 aliphatic heterocycles. The largest absolute Gasteiger partial charge is 0.348 e. The van der Waals surface area contributed by atoms with Crippen molar-refractivity contribution in [1.29, 1.82) is 5.26 Å². The van der Waals surface area contributed by atoms with Gasteiger partial charge in [0, 0.05) is 25.6 Å². The van der Waals surface area contributed by atoms with Crippen molar-refractivity contribution < 1.29 is 4.79 Å². The number of carbonyl (C=O) groups is 1. The lowest BCUT2D eigenvalue weighted by Gasteiger charge is -2.32. The van der Waals surface area contributed by atoms with E-state index in [1.165, 1.54) is 11.3 Å². The first-order valence-corrected chi connectivity index (χ1v) is 7.89. The fraction of sp³-hybridized carbons (Fsp3) is 0.643. The van der Waals surface area contributed by atoms with Gasteiger partial charge in [0.25, 0.3) is 5.91 Å². The number of piperidine rings is 1. The van der Waals surface area contributed by atoms with E-state index in [0.717, 1.165) is 49.5 Å². The average Bonchev–Trinajstić information content (AvgIpc) is 2.87. The zero-order valence-electron chi connectivity index (χ0n) is 11.8. The van der Waals surface area contributed by atoms with E-state index in [-0.39, 0.29) is 11.9 Å². The van der Waals surface area contributed by atoms with Gasteiger partial charge in [-0.15, -0.1) is 11.3 Å². The summed E-state index contributed by atoms with van der Waals surface area (Å²) in [7, 11) is 0. The van der Waals surface area contributed by atoms with E-state index in [4.69, 9.17) is 5.26 Å². The molecule has 0 atom stereocenters. The second-order valence-corrected chi connectivity index (χ2v) is 5.97. The molecule has 2 heterocycles. The number of aromatic nitrogens is 1. The van der Waals surface area contributed by atoms with Gasteiger partial charge in [-0.1, -0.05) is 0 Å². The molecule has 2 rings (SSSR count).